The van der Waals surface area contributed by atoms with E-state index in [2.05, 4.69) is 38.6 Å². The van der Waals surface area contributed by atoms with Crippen LogP contribution in [-0.4, -0.2) is 25.6 Å². The largest absolute Gasteiger partial charge is 0.367 e. The number of hydrogen-bond acceptors (Lipinski definition) is 4. The lowest BCUT2D eigenvalue weighted by atomic mass is 10.0. The van der Waals surface area contributed by atoms with Crippen LogP contribution in [-0.2, 0) is 0 Å². The van der Waals surface area contributed by atoms with Gasteiger partial charge < -0.3 is 5.32 Å². The first-order valence-electron chi connectivity index (χ1n) is 8.43. The molecule has 2 heterocycles. The number of fused-ring (bicyclic) bond motifs is 2. The summed E-state index contributed by atoms with van der Waals surface area (Å²) in [5, 5.41) is 8.05. The summed E-state index contributed by atoms with van der Waals surface area (Å²) in [6, 6.07) is 12.9. The molecule has 1 N–H and O–H groups in total. The number of nitrogens with one attached hydrogen (secondary N) is 1. The second-order valence-electron chi connectivity index (χ2n) is 6.65. The van der Waals surface area contributed by atoms with E-state index in [0.717, 1.165) is 28.9 Å². The van der Waals surface area contributed by atoms with Gasteiger partial charge in [-0.3, -0.25) is 0 Å². The minimum atomic E-state index is 0.593. The molecule has 3 aromatic rings. The molecule has 0 spiro atoms. The second kappa shape index (κ2) is 5.05. The van der Waals surface area contributed by atoms with Gasteiger partial charge in [-0.2, -0.15) is 14.6 Å². The lowest BCUT2D eigenvalue weighted by Crippen LogP contribution is -2.11. The van der Waals surface area contributed by atoms with Gasteiger partial charge >= 0.3 is 0 Å². The molecule has 2 aromatic heterocycles. The first kappa shape index (κ1) is 13.0. The summed E-state index contributed by atoms with van der Waals surface area (Å²) >= 11 is 0. The number of benzene rings is 1. The Morgan fingerprint density at radius 2 is 1.83 bits per heavy atom. The van der Waals surface area contributed by atoms with Crippen LogP contribution in [0.4, 0.5) is 5.82 Å². The molecule has 0 saturated heterocycles. The molecule has 3 atom stereocenters. The SMILES string of the molecule is c1ccc(-c2cc(NC3[C@H]4CCCC[C@@H]34)n3ncnc3n2)cc1. The molecule has 5 nitrogen and oxygen atoms in total. The summed E-state index contributed by atoms with van der Waals surface area (Å²) < 4.78 is 1.82. The maximum absolute atomic E-state index is 4.63. The first-order valence-corrected chi connectivity index (χ1v) is 8.43. The van der Waals surface area contributed by atoms with Gasteiger partial charge in [0, 0.05) is 17.7 Å². The van der Waals surface area contributed by atoms with Crippen LogP contribution < -0.4 is 5.32 Å². The zero-order chi connectivity index (χ0) is 15.2. The van der Waals surface area contributed by atoms with Crippen LogP contribution in [0.1, 0.15) is 25.7 Å². The predicted molar refractivity (Wildman–Crippen MR) is 89.1 cm³/mol. The van der Waals surface area contributed by atoms with Gasteiger partial charge in [0.25, 0.3) is 5.78 Å². The smallest absolute Gasteiger partial charge is 0.254 e. The summed E-state index contributed by atoms with van der Waals surface area (Å²) in [7, 11) is 0. The van der Waals surface area contributed by atoms with Gasteiger partial charge in [-0.15, -0.1) is 0 Å². The molecule has 23 heavy (non-hydrogen) atoms. The van der Waals surface area contributed by atoms with Crippen LogP contribution in [0.5, 0.6) is 0 Å². The van der Waals surface area contributed by atoms with E-state index in [1.54, 1.807) is 6.33 Å². The van der Waals surface area contributed by atoms with Crippen molar-refractivity contribution < 1.29 is 0 Å². The Bertz CT molecular complexity index is 829. The van der Waals surface area contributed by atoms with E-state index in [1.807, 2.05) is 22.7 Å². The van der Waals surface area contributed by atoms with Gasteiger partial charge in [0.2, 0.25) is 0 Å². The van der Waals surface area contributed by atoms with Crippen molar-refractivity contribution in [3.63, 3.8) is 0 Å². The Morgan fingerprint density at radius 1 is 1.04 bits per heavy atom. The van der Waals surface area contributed by atoms with E-state index >= 15 is 0 Å². The van der Waals surface area contributed by atoms with E-state index < -0.39 is 0 Å². The summed E-state index contributed by atoms with van der Waals surface area (Å²) in [6.45, 7) is 0. The number of aromatic nitrogens is 4. The first-order chi connectivity index (χ1) is 11.4. The fourth-order valence-corrected chi connectivity index (χ4v) is 4.05. The lowest BCUT2D eigenvalue weighted by Gasteiger charge is -2.10. The standard InChI is InChI=1S/C18H19N5/c1-2-6-12(7-3-1)15-10-16(23-18(21-15)19-11-20-23)22-17-13-8-4-5-9-14(13)17/h1-3,6-7,10-11,13-14,17,22H,4-5,8-9H2/t13-,14+,17?. The number of hydrogen-bond donors (Lipinski definition) is 1. The fourth-order valence-electron chi connectivity index (χ4n) is 4.05. The molecule has 116 valence electrons. The highest BCUT2D eigenvalue weighted by Crippen LogP contribution is 2.51. The van der Waals surface area contributed by atoms with Gasteiger partial charge in [-0.25, -0.2) is 4.98 Å². The highest BCUT2D eigenvalue weighted by Gasteiger charge is 2.50. The Morgan fingerprint density at radius 3 is 2.61 bits per heavy atom. The van der Waals surface area contributed by atoms with Crippen molar-refractivity contribution in [1.82, 2.24) is 19.6 Å². The second-order valence-corrected chi connectivity index (χ2v) is 6.65. The summed E-state index contributed by atoms with van der Waals surface area (Å²) in [5.41, 5.74) is 2.05. The van der Waals surface area contributed by atoms with Crippen molar-refractivity contribution in [3.05, 3.63) is 42.7 Å². The minimum Gasteiger partial charge on any atom is -0.367 e. The third kappa shape index (κ3) is 2.19. The van der Waals surface area contributed by atoms with Crippen LogP contribution in [0, 0.1) is 11.8 Å². The maximum atomic E-state index is 4.63. The van der Waals surface area contributed by atoms with Gasteiger partial charge in [-0.1, -0.05) is 43.2 Å². The highest BCUT2D eigenvalue weighted by molar-refractivity contribution is 5.65. The average Bonchev–Trinajstić information content (AvgIpc) is 3.07. The van der Waals surface area contributed by atoms with E-state index in [4.69, 9.17) is 0 Å². The van der Waals surface area contributed by atoms with E-state index in [1.165, 1.54) is 25.7 Å². The normalized spacial score (nSPS) is 26.0. The van der Waals surface area contributed by atoms with E-state index in [0.29, 0.717) is 11.8 Å². The van der Waals surface area contributed by atoms with Crippen LogP contribution in [0.3, 0.4) is 0 Å². The molecule has 0 amide bonds. The maximum Gasteiger partial charge on any atom is 0.254 e. The molecule has 2 aliphatic carbocycles. The fraction of sp³-hybridized carbons (Fsp3) is 0.389. The van der Waals surface area contributed by atoms with Gasteiger partial charge in [-0.05, 0) is 24.7 Å². The van der Waals surface area contributed by atoms with Gasteiger partial charge in [0.15, 0.2) is 0 Å². The molecule has 0 radical (unpaired) electrons. The highest BCUT2D eigenvalue weighted by atomic mass is 15.4. The molecule has 1 unspecified atom stereocenters. The quantitative estimate of drug-likeness (QED) is 0.806. The molecule has 0 bridgehead atoms. The van der Waals surface area contributed by atoms with Gasteiger partial charge in [0.05, 0.1) is 5.69 Å². The van der Waals surface area contributed by atoms with Crippen LogP contribution in [0.2, 0.25) is 0 Å². The summed E-state index contributed by atoms with van der Waals surface area (Å²) in [5.74, 6) is 3.34. The van der Waals surface area contributed by atoms with Crippen LogP contribution in [0.25, 0.3) is 17.0 Å². The number of anilines is 1. The van der Waals surface area contributed by atoms with Crippen molar-refractivity contribution in [2.24, 2.45) is 11.8 Å². The summed E-state index contributed by atoms with van der Waals surface area (Å²) in [6.07, 6.45) is 7.05. The molecular weight excluding hydrogens is 286 g/mol. The Hall–Kier alpha value is -2.43. The number of nitrogens with zero attached hydrogens (tertiary/aromatic N) is 4. The van der Waals surface area contributed by atoms with E-state index in [-0.39, 0.29) is 0 Å². The molecule has 2 fully saturated rings. The van der Waals surface area contributed by atoms with Crippen molar-refractivity contribution in [2.75, 3.05) is 5.32 Å². The average molecular weight is 305 g/mol. The minimum absolute atomic E-state index is 0.593. The molecule has 5 heteroatoms. The van der Waals surface area contributed by atoms with Gasteiger partial charge in [0.1, 0.15) is 12.1 Å². The van der Waals surface area contributed by atoms with E-state index in [9.17, 15) is 0 Å². The lowest BCUT2D eigenvalue weighted by molar-refractivity contribution is 0.480. The van der Waals surface area contributed by atoms with Crippen molar-refractivity contribution >= 4 is 11.6 Å². The van der Waals surface area contributed by atoms with Crippen LogP contribution in [0.15, 0.2) is 42.7 Å². The molecule has 2 saturated carbocycles. The number of rotatable bonds is 3. The molecule has 0 aliphatic heterocycles. The third-order valence-electron chi connectivity index (χ3n) is 5.29. The van der Waals surface area contributed by atoms with Crippen molar-refractivity contribution in [1.29, 1.82) is 0 Å². The molecule has 1 aromatic carbocycles. The summed E-state index contributed by atoms with van der Waals surface area (Å²) in [4.78, 5) is 8.92. The molecule has 2 aliphatic rings. The van der Waals surface area contributed by atoms with Crippen molar-refractivity contribution in [2.45, 2.75) is 31.7 Å². The van der Waals surface area contributed by atoms with Crippen molar-refractivity contribution in [3.8, 4) is 11.3 Å². The third-order valence-corrected chi connectivity index (χ3v) is 5.29. The Kier molecular flexibility index (Phi) is 2.86. The predicted octanol–water partition coefficient (Wildman–Crippen LogP) is 3.39. The topological polar surface area (TPSA) is 55.1 Å². The Balaban J connectivity index is 1.53. The molecule has 5 rings (SSSR count). The zero-order valence-electron chi connectivity index (χ0n) is 12.9. The monoisotopic (exact) mass is 305 g/mol. The Labute approximate surface area is 134 Å². The zero-order valence-corrected chi connectivity index (χ0v) is 12.9. The van der Waals surface area contributed by atoms with Crippen LogP contribution >= 0.6 is 0 Å². The molecular formula is C18H19N5.